The first-order chi connectivity index (χ1) is 6.65. The highest BCUT2D eigenvalue weighted by Crippen LogP contribution is 2.13. The highest BCUT2D eigenvalue weighted by atomic mass is 15.3. The zero-order valence-electron chi connectivity index (χ0n) is 10.1. The van der Waals surface area contributed by atoms with Gasteiger partial charge in [0, 0.05) is 31.7 Å². The van der Waals surface area contributed by atoms with Crippen molar-refractivity contribution >= 4 is 0 Å². The standard InChI is InChI=1S/C11H25N3/c1-10(5-6-12-3)14-8-7-13(4)9-11(14)2/h10-12H,5-9H2,1-4H3. The second-order valence-electron chi connectivity index (χ2n) is 4.59. The summed E-state index contributed by atoms with van der Waals surface area (Å²) in [7, 11) is 4.24. The van der Waals surface area contributed by atoms with Crippen molar-refractivity contribution in [1.82, 2.24) is 15.1 Å². The van der Waals surface area contributed by atoms with Crippen LogP contribution < -0.4 is 5.32 Å². The maximum absolute atomic E-state index is 3.22. The highest BCUT2D eigenvalue weighted by molar-refractivity contribution is 4.81. The van der Waals surface area contributed by atoms with Gasteiger partial charge >= 0.3 is 0 Å². The van der Waals surface area contributed by atoms with Gasteiger partial charge in [-0.05, 0) is 40.9 Å². The predicted octanol–water partition coefficient (Wildman–Crippen LogP) is 0.620. The van der Waals surface area contributed by atoms with E-state index in [1.807, 2.05) is 7.05 Å². The van der Waals surface area contributed by atoms with Crippen molar-refractivity contribution in [1.29, 1.82) is 0 Å². The molecule has 84 valence electrons. The molecule has 1 heterocycles. The van der Waals surface area contributed by atoms with Crippen molar-refractivity contribution in [3.63, 3.8) is 0 Å². The lowest BCUT2D eigenvalue weighted by atomic mass is 10.1. The minimum Gasteiger partial charge on any atom is -0.320 e. The van der Waals surface area contributed by atoms with Crippen LogP contribution in [-0.4, -0.2) is 62.2 Å². The molecule has 1 fully saturated rings. The predicted molar refractivity (Wildman–Crippen MR) is 61.7 cm³/mol. The minimum atomic E-state index is 0.709. The minimum absolute atomic E-state index is 0.709. The molecule has 3 heteroatoms. The van der Waals surface area contributed by atoms with Crippen molar-refractivity contribution in [2.45, 2.75) is 32.4 Å². The number of nitrogens with one attached hydrogen (secondary N) is 1. The molecule has 0 aromatic rings. The van der Waals surface area contributed by atoms with Crippen LogP contribution in [0.3, 0.4) is 0 Å². The van der Waals surface area contributed by atoms with E-state index in [1.54, 1.807) is 0 Å². The molecule has 3 nitrogen and oxygen atoms in total. The van der Waals surface area contributed by atoms with Gasteiger partial charge in [0.2, 0.25) is 0 Å². The van der Waals surface area contributed by atoms with Gasteiger partial charge in [0.15, 0.2) is 0 Å². The Morgan fingerprint density at radius 3 is 2.71 bits per heavy atom. The normalized spacial score (nSPS) is 27.9. The van der Waals surface area contributed by atoms with Crippen molar-refractivity contribution in [3.05, 3.63) is 0 Å². The number of hydrogen-bond acceptors (Lipinski definition) is 3. The molecular formula is C11H25N3. The zero-order valence-corrected chi connectivity index (χ0v) is 10.1. The number of nitrogens with zero attached hydrogens (tertiary/aromatic N) is 2. The molecule has 0 radical (unpaired) electrons. The van der Waals surface area contributed by atoms with Gasteiger partial charge in [-0.15, -0.1) is 0 Å². The summed E-state index contributed by atoms with van der Waals surface area (Å²) in [6.07, 6.45) is 1.25. The Labute approximate surface area is 88.5 Å². The lowest BCUT2D eigenvalue weighted by Crippen LogP contribution is -2.53. The maximum atomic E-state index is 3.22. The summed E-state index contributed by atoms with van der Waals surface area (Å²) in [6.45, 7) is 9.46. The smallest absolute Gasteiger partial charge is 0.0198 e. The number of piperazine rings is 1. The first kappa shape index (κ1) is 12.0. The second-order valence-corrected chi connectivity index (χ2v) is 4.59. The Bertz CT molecular complexity index is 161. The third kappa shape index (κ3) is 3.23. The number of rotatable bonds is 4. The lowest BCUT2D eigenvalue weighted by molar-refractivity contribution is 0.0646. The van der Waals surface area contributed by atoms with E-state index in [0.717, 1.165) is 6.54 Å². The fraction of sp³-hybridized carbons (Fsp3) is 1.00. The molecule has 0 aliphatic carbocycles. The van der Waals surface area contributed by atoms with Gasteiger partial charge in [-0.1, -0.05) is 0 Å². The average Bonchev–Trinajstić information content (AvgIpc) is 2.14. The molecule has 0 saturated carbocycles. The van der Waals surface area contributed by atoms with Gasteiger partial charge in [-0.25, -0.2) is 0 Å². The Hall–Kier alpha value is -0.120. The molecular weight excluding hydrogens is 174 g/mol. The van der Waals surface area contributed by atoms with Gasteiger partial charge in [-0.3, -0.25) is 4.90 Å². The van der Waals surface area contributed by atoms with Gasteiger partial charge in [-0.2, -0.15) is 0 Å². The zero-order chi connectivity index (χ0) is 10.6. The molecule has 2 unspecified atom stereocenters. The molecule has 1 aliphatic rings. The summed E-state index contributed by atoms with van der Waals surface area (Å²) in [6, 6.07) is 1.42. The fourth-order valence-corrected chi connectivity index (χ4v) is 2.33. The molecule has 0 bridgehead atoms. The van der Waals surface area contributed by atoms with E-state index < -0.39 is 0 Å². The van der Waals surface area contributed by atoms with Crippen molar-refractivity contribution in [2.75, 3.05) is 40.3 Å². The van der Waals surface area contributed by atoms with Gasteiger partial charge in [0.05, 0.1) is 0 Å². The van der Waals surface area contributed by atoms with Gasteiger partial charge < -0.3 is 10.2 Å². The van der Waals surface area contributed by atoms with Crippen molar-refractivity contribution in [3.8, 4) is 0 Å². The van der Waals surface area contributed by atoms with Crippen molar-refractivity contribution < 1.29 is 0 Å². The van der Waals surface area contributed by atoms with Crippen LogP contribution in [0.1, 0.15) is 20.3 Å². The summed E-state index contributed by atoms with van der Waals surface area (Å²) in [5.41, 5.74) is 0. The Morgan fingerprint density at radius 1 is 1.43 bits per heavy atom. The van der Waals surface area contributed by atoms with Crippen LogP contribution in [-0.2, 0) is 0 Å². The van der Waals surface area contributed by atoms with Crippen molar-refractivity contribution in [2.24, 2.45) is 0 Å². The second kappa shape index (κ2) is 5.69. The van der Waals surface area contributed by atoms with Crippen LogP contribution in [0.15, 0.2) is 0 Å². The molecule has 1 N–H and O–H groups in total. The van der Waals surface area contributed by atoms with E-state index >= 15 is 0 Å². The van der Waals surface area contributed by atoms with Gasteiger partial charge in [0.25, 0.3) is 0 Å². The summed E-state index contributed by atoms with van der Waals surface area (Å²) in [5.74, 6) is 0. The van der Waals surface area contributed by atoms with Crippen LogP contribution in [0, 0.1) is 0 Å². The number of hydrogen-bond donors (Lipinski definition) is 1. The summed E-state index contributed by atoms with van der Waals surface area (Å²) in [5, 5.41) is 3.22. The largest absolute Gasteiger partial charge is 0.320 e. The highest BCUT2D eigenvalue weighted by Gasteiger charge is 2.24. The third-order valence-electron chi connectivity index (χ3n) is 3.26. The Morgan fingerprint density at radius 2 is 2.14 bits per heavy atom. The van der Waals surface area contributed by atoms with E-state index in [2.05, 4.69) is 36.0 Å². The molecule has 1 aliphatic heterocycles. The first-order valence-electron chi connectivity index (χ1n) is 5.74. The third-order valence-corrected chi connectivity index (χ3v) is 3.26. The summed E-state index contributed by atoms with van der Waals surface area (Å²) < 4.78 is 0. The number of likely N-dealkylation sites (N-methyl/N-ethyl adjacent to an activating group) is 1. The molecule has 14 heavy (non-hydrogen) atoms. The molecule has 0 aromatic heterocycles. The molecule has 0 aromatic carbocycles. The van der Waals surface area contributed by atoms with E-state index in [0.29, 0.717) is 12.1 Å². The Kier molecular flexibility index (Phi) is 4.85. The topological polar surface area (TPSA) is 18.5 Å². The summed E-state index contributed by atoms with van der Waals surface area (Å²) in [4.78, 5) is 5.06. The quantitative estimate of drug-likeness (QED) is 0.716. The SMILES string of the molecule is CNCCC(C)N1CCN(C)CC1C. The van der Waals surface area contributed by atoms with E-state index in [1.165, 1.54) is 26.1 Å². The van der Waals surface area contributed by atoms with Gasteiger partial charge in [0.1, 0.15) is 0 Å². The molecule has 1 saturated heterocycles. The average molecular weight is 199 g/mol. The van der Waals surface area contributed by atoms with E-state index in [4.69, 9.17) is 0 Å². The molecule has 1 rings (SSSR count). The lowest BCUT2D eigenvalue weighted by Gasteiger charge is -2.41. The molecule has 0 spiro atoms. The monoisotopic (exact) mass is 199 g/mol. The fourth-order valence-electron chi connectivity index (χ4n) is 2.33. The van der Waals surface area contributed by atoms with Crippen LogP contribution >= 0.6 is 0 Å². The van der Waals surface area contributed by atoms with Crippen LogP contribution in [0.5, 0.6) is 0 Å². The van der Waals surface area contributed by atoms with Crippen LogP contribution in [0.25, 0.3) is 0 Å². The Balaban J connectivity index is 2.35. The van der Waals surface area contributed by atoms with E-state index in [-0.39, 0.29) is 0 Å². The molecule has 0 amide bonds. The van der Waals surface area contributed by atoms with Crippen LogP contribution in [0.4, 0.5) is 0 Å². The van der Waals surface area contributed by atoms with Crippen LogP contribution in [0.2, 0.25) is 0 Å². The molecule has 2 atom stereocenters. The summed E-state index contributed by atoms with van der Waals surface area (Å²) >= 11 is 0. The van der Waals surface area contributed by atoms with E-state index in [9.17, 15) is 0 Å². The first-order valence-corrected chi connectivity index (χ1v) is 5.74. The maximum Gasteiger partial charge on any atom is 0.0198 e.